The largest absolute Gasteiger partial charge is 0.491 e. The van der Waals surface area contributed by atoms with Crippen molar-refractivity contribution in [3.8, 4) is 5.75 Å². The lowest BCUT2D eigenvalue weighted by Gasteiger charge is -2.25. The summed E-state index contributed by atoms with van der Waals surface area (Å²) in [6.45, 7) is 9.92. The molecular formula is C16H28N2O2. The van der Waals surface area contributed by atoms with Gasteiger partial charge in [-0.2, -0.15) is 0 Å². The zero-order valence-electron chi connectivity index (χ0n) is 12.9. The van der Waals surface area contributed by atoms with Crippen molar-refractivity contribution in [3.63, 3.8) is 0 Å². The monoisotopic (exact) mass is 280 g/mol. The predicted octanol–water partition coefficient (Wildman–Crippen LogP) is 1.86. The van der Waals surface area contributed by atoms with Crippen LogP contribution in [0.4, 0.5) is 0 Å². The third-order valence-electron chi connectivity index (χ3n) is 3.14. The van der Waals surface area contributed by atoms with E-state index in [1.165, 1.54) is 0 Å². The zero-order chi connectivity index (χ0) is 15.0. The maximum atomic E-state index is 10.0. The molecule has 0 saturated heterocycles. The Morgan fingerprint density at radius 2 is 1.85 bits per heavy atom. The Kier molecular flexibility index (Phi) is 7.59. The molecule has 1 rings (SSSR count). The van der Waals surface area contributed by atoms with Crippen LogP contribution < -0.4 is 10.5 Å². The number of benzene rings is 1. The van der Waals surface area contributed by atoms with E-state index < -0.39 is 6.10 Å². The molecule has 0 heterocycles. The molecule has 0 aliphatic heterocycles. The number of nitrogens with zero attached hydrogens (tertiary/aromatic N) is 1. The van der Waals surface area contributed by atoms with E-state index >= 15 is 0 Å². The smallest absolute Gasteiger partial charge is 0.119 e. The lowest BCUT2D eigenvalue weighted by molar-refractivity contribution is 0.0662. The van der Waals surface area contributed by atoms with Crippen LogP contribution in [-0.4, -0.2) is 42.4 Å². The Balaban J connectivity index is 2.35. The summed E-state index contributed by atoms with van der Waals surface area (Å²) in [6.07, 6.45) is -0.470. The van der Waals surface area contributed by atoms with Crippen molar-refractivity contribution >= 4 is 0 Å². The second kappa shape index (κ2) is 8.95. The minimum absolute atomic E-state index is 0.316. The van der Waals surface area contributed by atoms with Gasteiger partial charge in [0.25, 0.3) is 0 Å². The average molecular weight is 280 g/mol. The maximum absolute atomic E-state index is 10.0. The van der Waals surface area contributed by atoms with E-state index in [0.29, 0.717) is 25.6 Å². The van der Waals surface area contributed by atoms with Crippen molar-refractivity contribution in [1.29, 1.82) is 0 Å². The molecule has 0 bridgehead atoms. The Morgan fingerprint density at radius 3 is 2.35 bits per heavy atom. The van der Waals surface area contributed by atoms with Gasteiger partial charge in [-0.3, -0.25) is 0 Å². The van der Waals surface area contributed by atoms with Crippen molar-refractivity contribution < 1.29 is 9.84 Å². The molecule has 0 aliphatic rings. The molecule has 0 radical (unpaired) electrons. The molecule has 1 unspecified atom stereocenters. The summed E-state index contributed by atoms with van der Waals surface area (Å²) in [5.74, 6) is 1.38. The molecule has 114 valence electrons. The van der Waals surface area contributed by atoms with E-state index in [4.69, 9.17) is 10.5 Å². The van der Waals surface area contributed by atoms with Gasteiger partial charge in [0.2, 0.25) is 0 Å². The average Bonchev–Trinajstić information content (AvgIpc) is 2.44. The summed E-state index contributed by atoms with van der Waals surface area (Å²) in [7, 11) is 0. The second-order valence-electron chi connectivity index (χ2n) is 5.56. The first kappa shape index (κ1) is 17.0. The van der Waals surface area contributed by atoms with E-state index in [1.54, 1.807) is 0 Å². The standard InChI is InChI=1S/C16H28N2O2/c1-4-18(10-13(2)3)11-15(19)12-20-16-7-5-14(9-17)6-8-16/h5-8,13,15,19H,4,9-12,17H2,1-3H3. The minimum Gasteiger partial charge on any atom is -0.491 e. The molecule has 0 aliphatic carbocycles. The maximum Gasteiger partial charge on any atom is 0.119 e. The molecule has 0 amide bonds. The van der Waals surface area contributed by atoms with Gasteiger partial charge < -0.3 is 20.5 Å². The van der Waals surface area contributed by atoms with E-state index in [9.17, 15) is 5.11 Å². The van der Waals surface area contributed by atoms with E-state index in [2.05, 4.69) is 25.7 Å². The summed E-state index contributed by atoms with van der Waals surface area (Å²) < 4.78 is 5.60. The molecule has 1 aromatic rings. The van der Waals surface area contributed by atoms with E-state index in [0.717, 1.165) is 24.4 Å². The third kappa shape index (κ3) is 6.37. The fraction of sp³-hybridized carbons (Fsp3) is 0.625. The van der Waals surface area contributed by atoms with Gasteiger partial charge in [-0.15, -0.1) is 0 Å². The number of nitrogens with two attached hydrogens (primary N) is 1. The van der Waals surface area contributed by atoms with Crippen LogP contribution in [0.5, 0.6) is 5.75 Å². The van der Waals surface area contributed by atoms with Crippen molar-refractivity contribution in [2.75, 3.05) is 26.2 Å². The van der Waals surface area contributed by atoms with Crippen LogP contribution in [0.1, 0.15) is 26.3 Å². The Morgan fingerprint density at radius 1 is 1.20 bits per heavy atom. The Hall–Kier alpha value is -1.10. The van der Waals surface area contributed by atoms with Gasteiger partial charge in [-0.05, 0) is 30.2 Å². The van der Waals surface area contributed by atoms with Crippen LogP contribution in [-0.2, 0) is 6.54 Å². The number of hydrogen-bond acceptors (Lipinski definition) is 4. The van der Waals surface area contributed by atoms with E-state index in [1.807, 2.05) is 24.3 Å². The van der Waals surface area contributed by atoms with E-state index in [-0.39, 0.29) is 0 Å². The quantitative estimate of drug-likeness (QED) is 0.725. The number of aliphatic hydroxyl groups is 1. The first-order valence-corrected chi connectivity index (χ1v) is 7.37. The summed E-state index contributed by atoms with van der Waals surface area (Å²) in [6, 6.07) is 7.67. The van der Waals surface area contributed by atoms with Gasteiger partial charge in [0.15, 0.2) is 0 Å². The van der Waals surface area contributed by atoms with Crippen LogP contribution >= 0.6 is 0 Å². The Labute approximate surface area is 122 Å². The van der Waals surface area contributed by atoms with Crippen molar-refractivity contribution in [2.45, 2.75) is 33.4 Å². The highest BCUT2D eigenvalue weighted by Gasteiger charge is 2.12. The SMILES string of the molecule is CCN(CC(C)C)CC(O)COc1ccc(CN)cc1. The van der Waals surface area contributed by atoms with Gasteiger partial charge in [0.1, 0.15) is 18.5 Å². The van der Waals surface area contributed by atoms with Gasteiger partial charge in [0.05, 0.1) is 0 Å². The number of likely N-dealkylation sites (N-methyl/N-ethyl adjacent to an activating group) is 1. The van der Waals surface area contributed by atoms with Crippen molar-refractivity contribution in [1.82, 2.24) is 4.90 Å². The number of aliphatic hydroxyl groups excluding tert-OH is 1. The molecule has 4 heteroatoms. The van der Waals surface area contributed by atoms with Crippen LogP contribution in [0, 0.1) is 5.92 Å². The minimum atomic E-state index is -0.470. The molecule has 1 atom stereocenters. The first-order valence-electron chi connectivity index (χ1n) is 7.37. The fourth-order valence-corrected chi connectivity index (χ4v) is 2.11. The lowest BCUT2D eigenvalue weighted by atomic mass is 10.2. The van der Waals surface area contributed by atoms with Crippen molar-refractivity contribution in [3.05, 3.63) is 29.8 Å². The van der Waals surface area contributed by atoms with Gasteiger partial charge >= 0.3 is 0 Å². The Bertz CT molecular complexity index is 365. The van der Waals surface area contributed by atoms with Crippen LogP contribution in [0.25, 0.3) is 0 Å². The normalized spacial score (nSPS) is 12.9. The van der Waals surface area contributed by atoms with Gasteiger partial charge in [0, 0.05) is 19.6 Å². The molecular weight excluding hydrogens is 252 g/mol. The molecule has 3 N–H and O–H groups in total. The number of ether oxygens (including phenoxy) is 1. The number of hydrogen-bond donors (Lipinski definition) is 2. The molecule has 0 spiro atoms. The molecule has 4 nitrogen and oxygen atoms in total. The summed E-state index contributed by atoms with van der Waals surface area (Å²) >= 11 is 0. The summed E-state index contributed by atoms with van der Waals surface area (Å²) in [4.78, 5) is 2.25. The molecule has 0 saturated carbocycles. The van der Waals surface area contributed by atoms with Gasteiger partial charge in [-0.1, -0.05) is 32.9 Å². The second-order valence-corrected chi connectivity index (χ2v) is 5.56. The van der Waals surface area contributed by atoms with Gasteiger partial charge in [-0.25, -0.2) is 0 Å². The van der Waals surface area contributed by atoms with Crippen LogP contribution in [0.2, 0.25) is 0 Å². The summed E-state index contributed by atoms with van der Waals surface area (Å²) in [5, 5.41) is 10.0. The van der Waals surface area contributed by atoms with Crippen LogP contribution in [0.15, 0.2) is 24.3 Å². The highest BCUT2D eigenvalue weighted by molar-refractivity contribution is 5.27. The first-order chi connectivity index (χ1) is 9.55. The van der Waals surface area contributed by atoms with Crippen molar-refractivity contribution in [2.24, 2.45) is 11.7 Å². The summed E-state index contributed by atoms with van der Waals surface area (Å²) in [5.41, 5.74) is 6.62. The highest BCUT2D eigenvalue weighted by atomic mass is 16.5. The zero-order valence-corrected chi connectivity index (χ0v) is 12.9. The molecule has 0 aromatic heterocycles. The lowest BCUT2D eigenvalue weighted by Crippen LogP contribution is -2.37. The third-order valence-corrected chi connectivity index (χ3v) is 3.14. The molecule has 20 heavy (non-hydrogen) atoms. The fourth-order valence-electron chi connectivity index (χ4n) is 2.11. The van der Waals surface area contributed by atoms with Crippen LogP contribution in [0.3, 0.4) is 0 Å². The highest BCUT2D eigenvalue weighted by Crippen LogP contribution is 2.12. The molecule has 1 aromatic carbocycles. The molecule has 0 fully saturated rings. The number of rotatable bonds is 9. The predicted molar refractivity (Wildman–Crippen MR) is 82.8 cm³/mol. The topological polar surface area (TPSA) is 58.7 Å².